The van der Waals surface area contributed by atoms with Crippen LogP contribution < -0.4 is 16.6 Å². The molecule has 1 unspecified atom stereocenters. The Labute approximate surface area is 163 Å². The number of aromatic amines is 1. The molecular formula is C22H24N4O2. The molecule has 1 atom stereocenters. The summed E-state index contributed by atoms with van der Waals surface area (Å²) in [6.45, 7) is 2.44. The lowest BCUT2D eigenvalue weighted by molar-refractivity contribution is -0.121. The molecule has 28 heavy (non-hydrogen) atoms. The van der Waals surface area contributed by atoms with Gasteiger partial charge in [0.1, 0.15) is 11.6 Å². The first-order valence-corrected chi connectivity index (χ1v) is 9.26. The molecule has 6 heteroatoms. The lowest BCUT2D eigenvalue weighted by Crippen LogP contribution is -2.28. The second kappa shape index (κ2) is 8.99. The maximum absolute atomic E-state index is 12.6. The zero-order chi connectivity index (χ0) is 19.9. The summed E-state index contributed by atoms with van der Waals surface area (Å²) >= 11 is 0. The van der Waals surface area contributed by atoms with E-state index in [0.29, 0.717) is 25.2 Å². The molecule has 0 bridgehead atoms. The number of amides is 1. The van der Waals surface area contributed by atoms with Crippen LogP contribution in [0.1, 0.15) is 34.9 Å². The number of nitrogens with two attached hydrogens (primary N) is 1. The van der Waals surface area contributed by atoms with Crippen molar-refractivity contribution in [3.05, 3.63) is 93.5 Å². The number of rotatable bonds is 7. The van der Waals surface area contributed by atoms with Gasteiger partial charge in [0.25, 0.3) is 5.56 Å². The average Bonchev–Trinajstić information content (AvgIpc) is 2.67. The van der Waals surface area contributed by atoms with Crippen molar-refractivity contribution in [1.82, 2.24) is 15.3 Å². The first kappa shape index (κ1) is 19.4. The van der Waals surface area contributed by atoms with Crippen LogP contribution in [0.2, 0.25) is 0 Å². The fourth-order valence-corrected chi connectivity index (χ4v) is 3.30. The maximum Gasteiger partial charge on any atom is 0.252 e. The van der Waals surface area contributed by atoms with Crippen molar-refractivity contribution in [3.63, 3.8) is 0 Å². The SMILES string of the molecule is Cc1ccccc1C(CC(=O)NCCc1nc(N)cc(=O)[nH]1)c1ccccc1. The van der Waals surface area contributed by atoms with E-state index in [1.807, 2.05) is 42.5 Å². The summed E-state index contributed by atoms with van der Waals surface area (Å²) in [5, 5.41) is 2.92. The fraction of sp³-hybridized carbons (Fsp3) is 0.227. The number of nitrogens with one attached hydrogen (secondary N) is 2. The zero-order valence-corrected chi connectivity index (χ0v) is 15.8. The minimum absolute atomic E-state index is 0.0206. The van der Waals surface area contributed by atoms with Crippen molar-refractivity contribution < 1.29 is 4.79 Å². The summed E-state index contributed by atoms with van der Waals surface area (Å²) in [6, 6.07) is 19.4. The summed E-state index contributed by atoms with van der Waals surface area (Å²) in [5.74, 6) is 0.564. The molecule has 0 fully saturated rings. The van der Waals surface area contributed by atoms with E-state index in [9.17, 15) is 9.59 Å². The lowest BCUT2D eigenvalue weighted by Gasteiger charge is -2.20. The number of hydrogen-bond donors (Lipinski definition) is 3. The molecule has 0 spiro atoms. The molecule has 6 nitrogen and oxygen atoms in total. The fourth-order valence-electron chi connectivity index (χ4n) is 3.30. The van der Waals surface area contributed by atoms with Gasteiger partial charge in [-0.2, -0.15) is 0 Å². The molecule has 1 heterocycles. The Kier molecular flexibility index (Phi) is 6.22. The number of carbonyl (C=O) groups excluding carboxylic acids is 1. The van der Waals surface area contributed by atoms with E-state index in [-0.39, 0.29) is 23.2 Å². The van der Waals surface area contributed by atoms with Crippen molar-refractivity contribution in [2.75, 3.05) is 12.3 Å². The van der Waals surface area contributed by atoms with Gasteiger partial charge in [-0.05, 0) is 23.6 Å². The summed E-state index contributed by atoms with van der Waals surface area (Å²) in [5.41, 5.74) is 8.69. The third-order valence-corrected chi connectivity index (χ3v) is 4.65. The molecule has 0 saturated carbocycles. The molecule has 4 N–H and O–H groups in total. The first-order valence-electron chi connectivity index (χ1n) is 9.26. The largest absolute Gasteiger partial charge is 0.383 e. The van der Waals surface area contributed by atoms with Crippen molar-refractivity contribution in [1.29, 1.82) is 0 Å². The molecule has 1 aromatic heterocycles. The monoisotopic (exact) mass is 376 g/mol. The number of benzene rings is 2. The van der Waals surface area contributed by atoms with Crippen LogP contribution in [0.4, 0.5) is 5.82 Å². The van der Waals surface area contributed by atoms with Crippen LogP contribution in [0.3, 0.4) is 0 Å². The molecule has 0 radical (unpaired) electrons. The van der Waals surface area contributed by atoms with Gasteiger partial charge in [0.05, 0.1) is 0 Å². The normalized spacial score (nSPS) is 11.8. The Balaban J connectivity index is 1.68. The standard InChI is InChI=1S/C22H24N4O2/c1-15-7-5-6-10-17(15)18(16-8-3-2-4-9-16)13-21(27)24-12-11-20-25-19(23)14-22(28)26-20/h2-10,14,18H,11-13H2,1H3,(H,24,27)(H3,23,25,26,28). The van der Waals surface area contributed by atoms with Crippen molar-refractivity contribution in [2.45, 2.75) is 25.7 Å². The van der Waals surface area contributed by atoms with E-state index in [1.165, 1.54) is 6.07 Å². The Morgan fingerprint density at radius 3 is 2.57 bits per heavy atom. The molecule has 0 aliphatic heterocycles. The van der Waals surface area contributed by atoms with Gasteiger partial charge >= 0.3 is 0 Å². The molecule has 3 aromatic rings. The quantitative estimate of drug-likeness (QED) is 0.590. The van der Waals surface area contributed by atoms with Crippen LogP contribution in [0.15, 0.2) is 65.5 Å². The Morgan fingerprint density at radius 2 is 1.86 bits per heavy atom. The van der Waals surface area contributed by atoms with Crippen LogP contribution in [0, 0.1) is 6.92 Å². The highest BCUT2D eigenvalue weighted by molar-refractivity contribution is 5.77. The third-order valence-electron chi connectivity index (χ3n) is 4.65. The van der Waals surface area contributed by atoms with Gasteiger partial charge in [-0.1, -0.05) is 54.6 Å². The smallest absolute Gasteiger partial charge is 0.252 e. The van der Waals surface area contributed by atoms with Gasteiger partial charge in [0.15, 0.2) is 0 Å². The van der Waals surface area contributed by atoms with E-state index < -0.39 is 0 Å². The number of anilines is 1. The van der Waals surface area contributed by atoms with Gasteiger partial charge in [-0.3, -0.25) is 9.59 Å². The van der Waals surface area contributed by atoms with Crippen LogP contribution in [-0.2, 0) is 11.2 Å². The molecule has 0 saturated heterocycles. The summed E-state index contributed by atoms with van der Waals surface area (Å²) in [4.78, 5) is 30.7. The predicted octanol–water partition coefficient (Wildman–Crippen LogP) is 2.54. The molecule has 2 aromatic carbocycles. The second-order valence-electron chi connectivity index (χ2n) is 6.74. The van der Waals surface area contributed by atoms with Crippen LogP contribution >= 0.6 is 0 Å². The van der Waals surface area contributed by atoms with Crippen LogP contribution in [0.5, 0.6) is 0 Å². The summed E-state index contributed by atoms with van der Waals surface area (Å²) in [7, 11) is 0. The number of H-pyrrole nitrogens is 1. The Hall–Kier alpha value is -3.41. The highest BCUT2D eigenvalue weighted by Crippen LogP contribution is 2.30. The minimum atomic E-state index is -0.294. The van der Waals surface area contributed by atoms with Gasteiger partial charge in [0, 0.05) is 31.4 Å². The molecule has 3 rings (SSSR count). The Bertz CT molecular complexity index is 999. The van der Waals surface area contributed by atoms with E-state index in [2.05, 4.69) is 34.3 Å². The van der Waals surface area contributed by atoms with E-state index in [1.54, 1.807) is 0 Å². The average molecular weight is 376 g/mol. The topological polar surface area (TPSA) is 101 Å². The maximum atomic E-state index is 12.6. The van der Waals surface area contributed by atoms with E-state index >= 15 is 0 Å². The predicted molar refractivity (Wildman–Crippen MR) is 110 cm³/mol. The van der Waals surface area contributed by atoms with Crippen molar-refractivity contribution in [3.8, 4) is 0 Å². The van der Waals surface area contributed by atoms with Crippen molar-refractivity contribution >= 4 is 11.7 Å². The van der Waals surface area contributed by atoms with Crippen LogP contribution in [0.25, 0.3) is 0 Å². The van der Waals surface area contributed by atoms with Gasteiger partial charge in [-0.15, -0.1) is 0 Å². The van der Waals surface area contributed by atoms with Crippen molar-refractivity contribution in [2.24, 2.45) is 0 Å². The van der Waals surface area contributed by atoms with Crippen LogP contribution in [-0.4, -0.2) is 22.4 Å². The minimum Gasteiger partial charge on any atom is -0.383 e. The van der Waals surface area contributed by atoms with E-state index in [4.69, 9.17) is 5.73 Å². The highest BCUT2D eigenvalue weighted by Gasteiger charge is 2.19. The summed E-state index contributed by atoms with van der Waals surface area (Å²) < 4.78 is 0. The number of aromatic nitrogens is 2. The molecule has 1 amide bonds. The summed E-state index contributed by atoms with van der Waals surface area (Å²) in [6.07, 6.45) is 0.752. The zero-order valence-electron chi connectivity index (χ0n) is 15.8. The molecule has 144 valence electrons. The Morgan fingerprint density at radius 1 is 1.14 bits per heavy atom. The number of aryl methyl sites for hydroxylation is 1. The third kappa shape index (κ3) is 5.07. The van der Waals surface area contributed by atoms with E-state index in [0.717, 1.165) is 16.7 Å². The van der Waals surface area contributed by atoms with Gasteiger partial charge in [-0.25, -0.2) is 4.98 Å². The number of nitrogen functional groups attached to an aromatic ring is 1. The number of nitrogens with zero attached hydrogens (tertiary/aromatic N) is 1. The lowest BCUT2D eigenvalue weighted by atomic mass is 9.86. The molecule has 0 aliphatic rings. The first-order chi connectivity index (χ1) is 13.5. The highest BCUT2D eigenvalue weighted by atomic mass is 16.1. The second-order valence-corrected chi connectivity index (χ2v) is 6.74. The number of carbonyl (C=O) groups is 1. The number of hydrogen-bond acceptors (Lipinski definition) is 4. The molecular weight excluding hydrogens is 352 g/mol. The van der Waals surface area contributed by atoms with Gasteiger partial charge in [0.2, 0.25) is 5.91 Å². The van der Waals surface area contributed by atoms with Gasteiger partial charge < -0.3 is 16.0 Å². The molecule has 0 aliphatic carbocycles.